The molecule has 2 aromatic rings. The molecular weight excluding hydrogens is 226 g/mol. The van der Waals surface area contributed by atoms with Crippen LogP contribution in [0.2, 0.25) is 0 Å². The summed E-state index contributed by atoms with van der Waals surface area (Å²) in [5.74, 6) is 0.320. The molecule has 0 saturated carbocycles. The number of nitrogens with zero attached hydrogens (tertiary/aromatic N) is 1. The van der Waals surface area contributed by atoms with Crippen LogP contribution in [0.4, 0.5) is 5.82 Å². The highest BCUT2D eigenvalue weighted by Gasteiger charge is 2.14. The van der Waals surface area contributed by atoms with E-state index in [1.165, 1.54) is 0 Å². The van der Waals surface area contributed by atoms with Crippen molar-refractivity contribution in [1.82, 2.24) is 10.4 Å². The van der Waals surface area contributed by atoms with Gasteiger partial charge in [0.05, 0.1) is 5.92 Å². The van der Waals surface area contributed by atoms with Crippen molar-refractivity contribution in [3.63, 3.8) is 0 Å². The molecule has 2 N–H and O–H groups in total. The van der Waals surface area contributed by atoms with Crippen LogP contribution in [0.3, 0.4) is 0 Å². The second-order valence-corrected chi connectivity index (χ2v) is 3.96. The van der Waals surface area contributed by atoms with Gasteiger partial charge in [-0.05, 0) is 24.6 Å². The summed E-state index contributed by atoms with van der Waals surface area (Å²) in [6.07, 6.45) is 1.66. The fourth-order valence-electron chi connectivity index (χ4n) is 1.56. The van der Waals surface area contributed by atoms with Crippen LogP contribution < -0.4 is 10.9 Å². The molecule has 4 nitrogen and oxygen atoms in total. The van der Waals surface area contributed by atoms with Gasteiger partial charge < -0.3 is 0 Å². The molecule has 18 heavy (non-hydrogen) atoms. The maximum Gasteiger partial charge on any atom is 0.245 e. The molecule has 0 bridgehead atoms. The number of pyridine rings is 1. The van der Waals surface area contributed by atoms with Crippen LogP contribution in [0.15, 0.2) is 54.7 Å². The maximum atomic E-state index is 11.9. The summed E-state index contributed by atoms with van der Waals surface area (Å²) >= 11 is 0. The molecule has 1 aromatic carbocycles. The predicted molar refractivity (Wildman–Crippen MR) is 70.9 cm³/mol. The molecule has 4 heteroatoms. The quantitative estimate of drug-likeness (QED) is 0.808. The summed E-state index contributed by atoms with van der Waals surface area (Å²) in [7, 11) is 0. The van der Waals surface area contributed by atoms with Crippen LogP contribution in [-0.4, -0.2) is 10.9 Å². The van der Waals surface area contributed by atoms with Crippen molar-refractivity contribution in [2.45, 2.75) is 12.8 Å². The number of anilines is 1. The fourth-order valence-corrected chi connectivity index (χ4v) is 1.56. The van der Waals surface area contributed by atoms with Crippen molar-refractivity contribution < 1.29 is 4.79 Å². The molecular formula is C14H15N3O. The van der Waals surface area contributed by atoms with Crippen LogP contribution in [0.1, 0.15) is 18.4 Å². The van der Waals surface area contributed by atoms with Crippen molar-refractivity contribution in [1.29, 1.82) is 0 Å². The molecule has 0 aliphatic rings. The number of nitrogens with one attached hydrogen (secondary N) is 2. The third kappa shape index (κ3) is 3.07. The van der Waals surface area contributed by atoms with Gasteiger partial charge in [-0.15, -0.1) is 0 Å². The molecule has 0 aliphatic carbocycles. The standard InChI is InChI=1S/C14H15N3O/c1-11(12-7-3-2-4-8-12)14(18)17-16-13-9-5-6-10-15-13/h2-11H,1H3,(H,15,16)(H,17,18). The molecule has 0 fully saturated rings. The molecule has 2 rings (SSSR count). The van der Waals surface area contributed by atoms with E-state index < -0.39 is 0 Å². The summed E-state index contributed by atoms with van der Waals surface area (Å²) in [4.78, 5) is 16.0. The Balaban J connectivity index is 1.93. The second-order valence-electron chi connectivity index (χ2n) is 3.96. The van der Waals surface area contributed by atoms with Gasteiger partial charge in [0.25, 0.3) is 0 Å². The highest BCUT2D eigenvalue weighted by molar-refractivity contribution is 5.84. The van der Waals surface area contributed by atoms with Crippen molar-refractivity contribution in [2.24, 2.45) is 0 Å². The number of carbonyl (C=O) groups excluding carboxylic acids is 1. The Labute approximate surface area is 106 Å². The first kappa shape index (κ1) is 12.1. The second kappa shape index (κ2) is 5.82. The molecule has 0 spiro atoms. The van der Waals surface area contributed by atoms with Crippen LogP contribution in [0.25, 0.3) is 0 Å². The molecule has 1 heterocycles. The molecule has 1 atom stereocenters. The Kier molecular flexibility index (Phi) is 3.91. The van der Waals surface area contributed by atoms with Gasteiger partial charge in [0.15, 0.2) is 0 Å². The lowest BCUT2D eigenvalue weighted by molar-refractivity contribution is -0.121. The number of benzene rings is 1. The Bertz CT molecular complexity index is 499. The Morgan fingerprint density at radius 2 is 1.83 bits per heavy atom. The lowest BCUT2D eigenvalue weighted by Crippen LogP contribution is -2.33. The van der Waals surface area contributed by atoms with Gasteiger partial charge in [-0.3, -0.25) is 15.6 Å². The van der Waals surface area contributed by atoms with Crippen LogP contribution in [0.5, 0.6) is 0 Å². The number of amides is 1. The van der Waals surface area contributed by atoms with Gasteiger partial charge in [-0.2, -0.15) is 0 Å². The zero-order valence-corrected chi connectivity index (χ0v) is 10.1. The number of hydrogen-bond acceptors (Lipinski definition) is 3. The number of carbonyl (C=O) groups is 1. The largest absolute Gasteiger partial charge is 0.282 e. The molecule has 0 aliphatic heterocycles. The predicted octanol–water partition coefficient (Wildman–Crippen LogP) is 2.33. The highest BCUT2D eigenvalue weighted by atomic mass is 16.2. The van der Waals surface area contributed by atoms with Crippen LogP contribution in [0, 0.1) is 0 Å². The van der Waals surface area contributed by atoms with E-state index in [1.54, 1.807) is 12.3 Å². The third-order valence-corrected chi connectivity index (χ3v) is 2.67. The van der Waals surface area contributed by atoms with Crippen molar-refractivity contribution >= 4 is 11.7 Å². The lowest BCUT2D eigenvalue weighted by atomic mass is 10.0. The van der Waals surface area contributed by atoms with Crippen molar-refractivity contribution in [3.05, 3.63) is 60.3 Å². The van der Waals surface area contributed by atoms with E-state index in [-0.39, 0.29) is 11.8 Å². The lowest BCUT2D eigenvalue weighted by Gasteiger charge is -2.13. The zero-order valence-electron chi connectivity index (χ0n) is 10.1. The fraction of sp³-hybridized carbons (Fsp3) is 0.143. The average Bonchev–Trinajstić information content (AvgIpc) is 2.46. The number of aromatic nitrogens is 1. The minimum Gasteiger partial charge on any atom is -0.282 e. The Morgan fingerprint density at radius 3 is 2.50 bits per heavy atom. The first-order valence-electron chi connectivity index (χ1n) is 5.79. The monoisotopic (exact) mass is 241 g/mol. The molecule has 92 valence electrons. The Morgan fingerprint density at radius 1 is 1.11 bits per heavy atom. The Hall–Kier alpha value is -2.36. The van der Waals surface area contributed by atoms with E-state index in [0.29, 0.717) is 5.82 Å². The van der Waals surface area contributed by atoms with Gasteiger partial charge in [0.2, 0.25) is 5.91 Å². The van der Waals surface area contributed by atoms with Crippen molar-refractivity contribution in [3.8, 4) is 0 Å². The third-order valence-electron chi connectivity index (χ3n) is 2.67. The SMILES string of the molecule is CC(C(=O)NNc1ccccn1)c1ccccc1. The van der Waals surface area contributed by atoms with Gasteiger partial charge in [0, 0.05) is 6.20 Å². The molecule has 1 amide bonds. The number of hydrazine groups is 1. The molecule has 0 saturated heterocycles. The van der Waals surface area contributed by atoms with E-state index in [4.69, 9.17) is 0 Å². The first-order chi connectivity index (χ1) is 8.77. The van der Waals surface area contributed by atoms with Gasteiger partial charge in [-0.1, -0.05) is 36.4 Å². The highest BCUT2D eigenvalue weighted by Crippen LogP contribution is 2.14. The van der Waals surface area contributed by atoms with E-state index in [2.05, 4.69) is 15.8 Å². The number of hydrogen-bond donors (Lipinski definition) is 2. The normalized spacial score (nSPS) is 11.6. The van der Waals surface area contributed by atoms with Gasteiger partial charge in [-0.25, -0.2) is 4.98 Å². The van der Waals surface area contributed by atoms with Gasteiger partial charge >= 0.3 is 0 Å². The summed E-state index contributed by atoms with van der Waals surface area (Å²) in [5, 5.41) is 0. The number of rotatable bonds is 4. The topological polar surface area (TPSA) is 54.0 Å². The average molecular weight is 241 g/mol. The van der Waals surface area contributed by atoms with Crippen molar-refractivity contribution in [2.75, 3.05) is 5.43 Å². The summed E-state index contributed by atoms with van der Waals surface area (Å²) in [5.41, 5.74) is 6.41. The molecule has 0 radical (unpaired) electrons. The van der Waals surface area contributed by atoms with E-state index >= 15 is 0 Å². The van der Waals surface area contributed by atoms with E-state index in [9.17, 15) is 4.79 Å². The molecule has 1 aromatic heterocycles. The van der Waals surface area contributed by atoms with Gasteiger partial charge in [0.1, 0.15) is 5.82 Å². The van der Waals surface area contributed by atoms with Crippen LogP contribution >= 0.6 is 0 Å². The smallest absolute Gasteiger partial charge is 0.245 e. The zero-order chi connectivity index (χ0) is 12.8. The minimum atomic E-state index is -0.206. The minimum absolute atomic E-state index is 0.0909. The van der Waals surface area contributed by atoms with E-state index in [1.807, 2.05) is 49.4 Å². The van der Waals surface area contributed by atoms with Crippen LogP contribution in [-0.2, 0) is 4.79 Å². The summed E-state index contributed by atoms with van der Waals surface area (Å²) < 4.78 is 0. The first-order valence-corrected chi connectivity index (χ1v) is 5.79. The maximum absolute atomic E-state index is 11.9. The summed E-state index contributed by atoms with van der Waals surface area (Å²) in [6, 6.07) is 15.1. The summed E-state index contributed by atoms with van der Waals surface area (Å²) in [6.45, 7) is 1.87. The van der Waals surface area contributed by atoms with E-state index in [0.717, 1.165) is 5.56 Å². The molecule has 1 unspecified atom stereocenters.